The molecule has 1 radical (unpaired) electrons. The lowest BCUT2D eigenvalue weighted by atomic mass is 10.0. The van der Waals surface area contributed by atoms with Gasteiger partial charge in [0.15, 0.2) is 12.4 Å². The summed E-state index contributed by atoms with van der Waals surface area (Å²) in [6.45, 7) is 0. The minimum Gasteiger partial charge on any atom is -0.250 e. The molecule has 0 unspecified atom stereocenters. The number of aryl methyl sites for hydroxylation is 1. The Morgan fingerprint density at radius 2 is 1.85 bits per heavy atom. The molecule has 2 aromatic carbocycles. The largest absolute Gasteiger partial charge is 0.250 e. The Labute approximate surface area is 154 Å². The Balaban J connectivity index is 2.14. The molecule has 2 heterocycles. The van der Waals surface area contributed by atoms with Gasteiger partial charge in [0.05, 0.1) is 23.5 Å². The number of nitrogens with zero attached hydrogens (tertiary/aromatic N) is 6. The fourth-order valence-corrected chi connectivity index (χ4v) is 3.09. The molecule has 127 valence electrons. The van der Waals surface area contributed by atoms with Gasteiger partial charge in [0.1, 0.15) is 29.5 Å². The highest BCUT2D eigenvalue weighted by atomic mass is 14.9. The van der Waals surface area contributed by atoms with Crippen molar-refractivity contribution in [2.75, 3.05) is 0 Å². The van der Waals surface area contributed by atoms with Gasteiger partial charge in [-0.25, -0.2) is 19.9 Å². The maximum atomic E-state index is 9.14. The molecule has 0 amide bonds. The molecule has 27 heavy (non-hydrogen) atoms. The predicted molar refractivity (Wildman–Crippen MR) is 101 cm³/mol. The van der Waals surface area contributed by atoms with E-state index in [9.17, 15) is 0 Å². The smallest absolute Gasteiger partial charge is 0.206 e. The van der Waals surface area contributed by atoms with E-state index < -0.39 is 0 Å². The molecule has 7 heteroatoms. The standard InChI is InChI=1S/C20H13N7/c1-27-8-4-5-13(10-27)16-9-23-19-17(24-11-21)14-6-2-3-7-15(14)18(25-12-22)20(19)26-16/h2-10,22H,1H3/q+1. The highest BCUT2D eigenvalue weighted by Crippen LogP contribution is 2.40. The number of nitriles is 1. The zero-order valence-corrected chi connectivity index (χ0v) is 14.4. The number of hydrogen-bond acceptors (Lipinski definition) is 5. The highest BCUT2D eigenvalue weighted by Gasteiger charge is 2.18. The summed E-state index contributed by atoms with van der Waals surface area (Å²) < 4.78 is 1.93. The Morgan fingerprint density at radius 3 is 2.56 bits per heavy atom. The van der Waals surface area contributed by atoms with E-state index in [-0.39, 0.29) is 0 Å². The molecular formula is C20H13N7+. The summed E-state index contributed by atoms with van der Waals surface area (Å²) in [6, 6.07) is 13.4. The molecule has 0 aliphatic heterocycles. The summed E-state index contributed by atoms with van der Waals surface area (Å²) in [5.74, 6) is 0. The number of aliphatic imine (C=N–C) groups is 1. The summed E-state index contributed by atoms with van der Waals surface area (Å²) in [4.78, 5) is 13.4. The topological polar surface area (TPSA) is 104 Å². The lowest BCUT2D eigenvalue weighted by Gasteiger charge is -2.11. The fourth-order valence-electron chi connectivity index (χ4n) is 3.09. The Hall–Kier alpha value is -4.14. The third-order valence-corrected chi connectivity index (χ3v) is 4.22. The van der Waals surface area contributed by atoms with Gasteiger partial charge >= 0.3 is 0 Å². The van der Waals surface area contributed by atoms with E-state index in [4.69, 9.17) is 15.7 Å². The van der Waals surface area contributed by atoms with Crippen molar-refractivity contribution in [3.05, 3.63) is 55.0 Å². The highest BCUT2D eigenvalue weighted by molar-refractivity contribution is 6.15. The van der Waals surface area contributed by atoms with Crippen LogP contribution in [0.15, 0.2) is 60.0 Å². The van der Waals surface area contributed by atoms with Gasteiger partial charge in [-0.15, -0.1) is 0 Å². The zero-order valence-electron chi connectivity index (χ0n) is 14.4. The fraction of sp³-hybridized carbons (Fsp3) is 0.0500. The second-order valence-electron chi connectivity index (χ2n) is 5.89. The Bertz CT molecular complexity index is 1280. The monoisotopic (exact) mass is 351 g/mol. The number of benzene rings is 2. The first kappa shape index (κ1) is 16.3. The second kappa shape index (κ2) is 6.64. The first-order valence-electron chi connectivity index (χ1n) is 8.12. The van der Waals surface area contributed by atoms with Gasteiger partial charge < -0.3 is 0 Å². The van der Waals surface area contributed by atoms with Gasteiger partial charge in [-0.1, -0.05) is 24.3 Å². The van der Waals surface area contributed by atoms with Crippen LogP contribution in [-0.4, -0.2) is 16.0 Å². The number of hydrogen-bond donors (Lipinski definition) is 1. The molecule has 0 fully saturated rings. The van der Waals surface area contributed by atoms with Crippen LogP contribution in [0.25, 0.3) is 33.1 Å². The predicted octanol–water partition coefficient (Wildman–Crippen LogP) is 3.38. The molecule has 0 saturated heterocycles. The second-order valence-corrected chi connectivity index (χ2v) is 5.89. The summed E-state index contributed by atoms with van der Waals surface area (Å²) in [5.41, 5.74) is 3.44. The third kappa shape index (κ3) is 2.76. The summed E-state index contributed by atoms with van der Waals surface area (Å²) in [7, 11) is 1.93. The lowest BCUT2D eigenvalue weighted by molar-refractivity contribution is -0.671. The van der Waals surface area contributed by atoms with Crippen molar-refractivity contribution in [3.8, 4) is 17.5 Å². The van der Waals surface area contributed by atoms with Crippen LogP contribution in [0.4, 0.5) is 11.4 Å². The van der Waals surface area contributed by atoms with Crippen molar-refractivity contribution in [2.45, 2.75) is 0 Å². The average Bonchev–Trinajstić information content (AvgIpc) is 2.70. The van der Waals surface area contributed by atoms with Crippen LogP contribution in [0.5, 0.6) is 0 Å². The van der Waals surface area contributed by atoms with Crippen molar-refractivity contribution in [1.29, 1.82) is 10.7 Å². The summed E-state index contributed by atoms with van der Waals surface area (Å²) in [6.07, 6.45) is 7.37. The number of aromatic nitrogens is 3. The molecule has 4 rings (SSSR count). The molecule has 1 N–H and O–H groups in total. The van der Waals surface area contributed by atoms with Gasteiger partial charge in [0.25, 0.3) is 0 Å². The normalized spacial score (nSPS) is 10.4. The Kier molecular flexibility index (Phi) is 4.01. The van der Waals surface area contributed by atoms with Crippen molar-refractivity contribution in [2.24, 2.45) is 12.0 Å². The van der Waals surface area contributed by atoms with E-state index in [1.165, 1.54) is 0 Å². The molecule has 0 bridgehead atoms. The van der Waals surface area contributed by atoms with Gasteiger partial charge in [0.2, 0.25) is 6.19 Å². The van der Waals surface area contributed by atoms with E-state index in [1.807, 2.05) is 66.6 Å². The van der Waals surface area contributed by atoms with E-state index in [1.54, 1.807) is 6.20 Å². The molecule has 0 saturated carbocycles. The number of fused-ring (bicyclic) bond motifs is 2. The minimum absolute atomic E-state index is 0.449. The van der Waals surface area contributed by atoms with Crippen LogP contribution in [0.2, 0.25) is 0 Å². The van der Waals surface area contributed by atoms with Crippen molar-refractivity contribution in [1.82, 2.24) is 15.3 Å². The van der Waals surface area contributed by atoms with Crippen molar-refractivity contribution in [3.63, 3.8) is 0 Å². The summed E-state index contributed by atoms with van der Waals surface area (Å²) >= 11 is 0. The molecule has 0 spiro atoms. The summed E-state index contributed by atoms with van der Waals surface area (Å²) in [5, 5.41) is 21.9. The minimum atomic E-state index is 0.449. The van der Waals surface area contributed by atoms with Crippen LogP contribution in [-0.2, 0) is 7.05 Å². The number of nitrogens with one attached hydrogen (secondary N) is 1. The van der Waals surface area contributed by atoms with Gasteiger partial charge in [-0.05, 0) is 6.07 Å². The molecule has 0 aliphatic carbocycles. The van der Waals surface area contributed by atoms with Crippen LogP contribution in [0.3, 0.4) is 0 Å². The molecule has 7 nitrogen and oxygen atoms in total. The first-order chi connectivity index (χ1) is 13.2. The van der Waals surface area contributed by atoms with Crippen molar-refractivity contribution < 1.29 is 4.57 Å². The third-order valence-electron chi connectivity index (χ3n) is 4.22. The quantitative estimate of drug-likeness (QED) is 0.265. The van der Waals surface area contributed by atoms with Gasteiger partial charge in [-0.3, -0.25) is 0 Å². The SMILES string of the molecule is C[n+]1cccc(-c2cnc3c([N]C#N)c4ccccc4c(N=C=N)c3n2)c1. The van der Waals surface area contributed by atoms with Gasteiger partial charge in [-0.2, -0.15) is 15.6 Å². The van der Waals surface area contributed by atoms with Crippen LogP contribution in [0.1, 0.15) is 0 Å². The number of rotatable bonds is 3. The van der Waals surface area contributed by atoms with E-state index >= 15 is 0 Å². The molecule has 4 aromatic rings. The van der Waals surface area contributed by atoms with E-state index in [2.05, 4.69) is 21.3 Å². The number of pyridine rings is 1. The van der Waals surface area contributed by atoms with Crippen LogP contribution in [0, 0.1) is 16.9 Å². The molecular weight excluding hydrogens is 338 g/mol. The van der Waals surface area contributed by atoms with Crippen LogP contribution >= 0.6 is 0 Å². The Morgan fingerprint density at radius 1 is 1.07 bits per heavy atom. The maximum absolute atomic E-state index is 9.14. The lowest BCUT2D eigenvalue weighted by Crippen LogP contribution is -2.26. The van der Waals surface area contributed by atoms with Crippen LogP contribution < -0.4 is 9.88 Å². The zero-order chi connectivity index (χ0) is 18.8. The van der Waals surface area contributed by atoms with Gasteiger partial charge in [0, 0.05) is 16.8 Å². The molecule has 2 aromatic heterocycles. The van der Waals surface area contributed by atoms with E-state index in [0.717, 1.165) is 16.3 Å². The van der Waals surface area contributed by atoms with E-state index in [0.29, 0.717) is 28.1 Å². The first-order valence-corrected chi connectivity index (χ1v) is 8.12. The maximum Gasteiger partial charge on any atom is 0.206 e. The average molecular weight is 351 g/mol. The molecule has 0 atom stereocenters. The van der Waals surface area contributed by atoms with Crippen molar-refractivity contribution >= 4 is 39.2 Å². The molecule has 0 aliphatic rings.